The van der Waals surface area contributed by atoms with Crippen LogP contribution in [0.2, 0.25) is 0 Å². The standard InChI is InChI=1S/C26H27FN6O2/c27-20-11-10-19(26-30-29-23-9-5-2-6-15-32(23)26)17-22(20)28-24(34)12-13-25(35)33-16-14-21(31-33)18-7-3-1-4-8-18/h1,3-4,7-8,10-11,17H,2,5-6,9,12-16H2,(H,28,34). The minimum atomic E-state index is -0.541. The van der Waals surface area contributed by atoms with E-state index in [-0.39, 0.29) is 24.4 Å². The zero-order valence-electron chi connectivity index (χ0n) is 19.4. The number of aryl methyl sites for hydroxylation is 1. The van der Waals surface area contributed by atoms with E-state index in [1.165, 1.54) is 11.1 Å². The molecule has 3 aromatic rings. The van der Waals surface area contributed by atoms with E-state index in [0.717, 1.165) is 49.3 Å². The Bertz CT molecular complexity index is 1270. The van der Waals surface area contributed by atoms with Crippen molar-refractivity contribution in [3.8, 4) is 11.4 Å². The van der Waals surface area contributed by atoms with E-state index in [4.69, 9.17) is 0 Å². The number of carbonyl (C=O) groups is 2. The number of carbonyl (C=O) groups excluding carboxylic acids is 2. The summed E-state index contributed by atoms with van der Waals surface area (Å²) in [4.78, 5) is 25.1. The molecule has 0 spiro atoms. The molecule has 5 rings (SSSR count). The average Bonchev–Trinajstić information content (AvgIpc) is 3.46. The highest BCUT2D eigenvalue weighted by Crippen LogP contribution is 2.27. The fraction of sp³-hybridized carbons (Fsp3) is 0.346. The Kier molecular flexibility index (Phi) is 6.65. The summed E-state index contributed by atoms with van der Waals surface area (Å²) in [5.74, 6) is 0.410. The van der Waals surface area contributed by atoms with Crippen molar-refractivity contribution in [3.63, 3.8) is 0 Å². The minimum Gasteiger partial charge on any atom is -0.324 e. The van der Waals surface area contributed by atoms with Crippen LogP contribution in [-0.2, 0) is 22.6 Å². The molecule has 0 saturated carbocycles. The van der Waals surface area contributed by atoms with Gasteiger partial charge in [0.25, 0.3) is 0 Å². The third-order valence-corrected chi connectivity index (χ3v) is 6.37. The summed E-state index contributed by atoms with van der Waals surface area (Å²) in [5.41, 5.74) is 2.60. The van der Waals surface area contributed by atoms with Gasteiger partial charge in [-0.05, 0) is 36.6 Å². The van der Waals surface area contributed by atoms with E-state index in [1.807, 2.05) is 30.3 Å². The Hall–Kier alpha value is -3.88. The Morgan fingerprint density at radius 3 is 2.63 bits per heavy atom. The van der Waals surface area contributed by atoms with Crippen molar-refractivity contribution in [2.45, 2.75) is 51.5 Å². The van der Waals surface area contributed by atoms with Crippen LogP contribution in [0.5, 0.6) is 0 Å². The van der Waals surface area contributed by atoms with Gasteiger partial charge in [0, 0.05) is 37.8 Å². The molecule has 180 valence electrons. The number of hydrazone groups is 1. The molecular weight excluding hydrogens is 447 g/mol. The lowest BCUT2D eigenvalue weighted by atomic mass is 10.1. The summed E-state index contributed by atoms with van der Waals surface area (Å²) in [7, 11) is 0. The molecule has 2 amide bonds. The van der Waals surface area contributed by atoms with Crippen LogP contribution < -0.4 is 5.32 Å². The first kappa shape index (κ1) is 22.9. The molecule has 1 aromatic heterocycles. The van der Waals surface area contributed by atoms with Crippen LogP contribution in [0.4, 0.5) is 10.1 Å². The molecular formula is C26H27FN6O2. The topological polar surface area (TPSA) is 92.5 Å². The minimum absolute atomic E-state index is 0.00357. The van der Waals surface area contributed by atoms with Crippen molar-refractivity contribution >= 4 is 23.2 Å². The van der Waals surface area contributed by atoms with Gasteiger partial charge in [-0.25, -0.2) is 9.40 Å². The van der Waals surface area contributed by atoms with Gasteiger partial charge in [0.1, 0.15) is 11.6 Å². The third kappa shape index (κ3) is 5.13. The lowest BCUT2D eigenvalue weighted by Crippen LogP contribution is -2.25. The molecule has 0 unspecified atom stereocenters. The summed E-state index contributed by atoms with van der Waals surface area (Å²) < 4.78 is 16.5. The van der Waals surface area contributed by atoms with E-state index in [0.29, 0.717) is 24.4 Å². The summed E-state index contributed by atoms with van der Waals surface area (Å²) in [6.45, 7) is 1.31. The molecule has 0 atom stereocenters. The number of rotatable bonds is 6. The first-order chi connectivity index (χ1) is 17.1. The number of amides is 2. The monoisotopic (exact) mass is 474 g/mol. The van der Waals surface area contributed by atoms with Crippen molar-refractivity contribution in [1.29, 1.82) is 0 Å². The number of nitrogens with one attached hydrogen (secondary N) is 1. The average molecular weight is 475 g/mol. The first-order valence-corrected chi connectivity index (χ1v) is 12.0. The van der Waals surface area contributed by atoms with Gasteiger partial charge in [0.15, 0.2) is 5.82 Å². The Morgan fingerprint density at radius 2 is 1.77 bits per heavy atom. The summed E-state index contributed by atoms with van der Waals surface area (Å²) in [6, 6.07) is 14.2. The zero-order valence-corrected chi connectivity index (χ0v) is 19.4. The second-order valence-electron chi connectivity index (χ2n) is 8.82. The van der Waals surface area contributed by atoms with Crippen LogP contribution in [0.15, 0.2) is 53.6 Å². The van der Waals surface area contributed by atoms with Crippen LogP contribution in [0.25, 0.3) is 11.4 Å². The summed E-state index contributed by atoms with van der Waals surface area (Å²) in [6.07, 6.45) is 4.75. The Morgan fingerprint density at radius 1 is 0.914 bits per heavy atom. The van der Waals surface area contributed by atoms with Crippen molar-refractivity contribution in [3.05, 3.63) is 65.7 Å². The van der Waals surface area contributed by atoms with Crippen molar-refractivity contribution in [2.24, 2.45) is 5.10 Å². The van der Waals surface area contributed by atoms with E-state index in [2.05, 4.69) is 25.2 Å². The molecule has 1 N–H and O–H groups in total. The molecule has 2 aromatic carbocycles. The van der Waals surface area contributed by atoms with Gasteiger partial charge in [0.2, 0.25) is 11.8 Å². The smallest absolute Gasteiger partial charge is 0.243 e. The van der Waals surface area contributed by atoms with Crippen molar-refractivity contribution in [1.82, 2.24) is 19.8 Å². The maximum absolute atomic E-state index is 14.5. The van der Waals surface area contributed by atoms with E-state index >= 15 is 0 Å². The number of fused-ring (bicyclic) bond motifs is 1. The van der Waals surface area contributed by atoms with Gasteiger partial charge in [-0.1, -0.05) is 36.8 Å². The lowest BCUT2D eigenvalue weighted by molar-refractivity contribution is -0.132. The summed E-state index contributed by atoms with van der Waals surface area (Å²) in [5, 5.41) is 17.0. The van der Waals surface area contributed by atoms with Crippen LogP contribution in [0.3, 0.4) is 0 Å². The maximum atomic E-state index is 14.5. The number of anilines is 1. The van der Waals surface area contributed by atoms with Gasteiger partial charge in [-0.2, -0.15) is 5.10 Å². The van der Waals surface area contributed by atoms with E-state index < -0.39 is 11.7 Å². The molecule has 0 saturated heterocycles. The fourth-order valence-corrected chi connectivity index (χ4v) is 4.49. The third-order valence-electron chi connectivity index (χ3n) is 6.37. The first-order valence-electron chi connectivity index (χ1n) is 12.0. The highest BCUT2D eigenvalue weighted by atomic mass is 19.1. The number of nitrogens with zero attached hydrogens (tertiary/aromatic N) is 5. The fourth-order valence-electron chi connectivity index (χ4n) is 4.49. The molecule has 2 aliphatic heterocycles. The quantitative estimate of drug-likeness (QED) is 0.581. The van der Waals surface area contributed by atoms with Gasteiger partial charge < -0.3 is 9.88 Å². The van der Waals surface area contributed by atoms with Gasteiger partial charge >= 0.3 is 0 Å². The van der Waals surface area contributed by atoms with Crippen molar-refractivity contribution in [2.75, 3.05) is 11.9 Å². The highest BCUT2D eigenvalue weighted by molar-refractivity contribution is 6.02. The van der Waals surface area contributed by atoms with E-state index in [1.54, 1.807) is 12.1 Å². The second kappa shape index (κ2) is 10.2. The SMILES string of the molecule is O=C(CCC(=O)N1CCC(c2ccccc2)=N1)Nc1cc(-c2nnc3n2CCCCC3)ccc1F. The molecule has 0 bridgehead atoms. The van der Waals surface area contributed by atoms with Crippen LogP contribution in [-0.4, -0.2) is 43.8 Å². The number of hydrogen-bond donors (Lipinski definition) is 1. The maximum Gasteiger partial charge on any atom is 0.243 e. The molecule has 8 nitrogen and oxygen atoms in total. The molecule has 9 heteroatoms. The van der Waals surface area contributed by atoms with Gasteiger partial charge in [-0.3, -0.25) is 9.59 Å². The molecule has 3 heterocycles. The molecule has 0 fully saturated rings. The van der Waals surface area contributed by atoms with Crippen LogP contribution in [0, 0.1) is 5.82 Å². The largest absolute Gasteiger partial charge is 0.324 e. The van der Waals surface area contributed by atoms with Crippen LogP contribution >= 0.6 is 0 Å². The Balaban J connectivity index is 1.21. The van der Waals surface area contributed by atoms with Crippen LogP contribution in [0.1, 0.15) is 49.9 Å². The number of aromatic nitrogens is 3. The molecule has 0 aliphatic carbocycles. The van der Waals surface area contributed by atoms with Crippen molar-refractivity contribution < 1.29 is 14.0 Å². The molecule has 35 heavy (non-hydrogen) atoms. The molecule has 0 radical (unpaired) electrons. The Labute approximate surface area is 202 Å². The predicted molar refractivity (Wildman–Crippen MR) is 130 cm³/mol. The normalized spacial score (nSPS) is 15.3. The van der Waals surface area contributed by atoms with Gasteiger partial charge in [-0.15, -0.1) is 10.2 Å². The highest BCUT2D eigenvalue weighted by Gasteiger charge is 2.22. The summed E-state index contributed by atoms with van der Waals surface area (Å²) >= 11 is 0. The van der Waals surface area contributed by atoms with Gasteiger partial charge in [0.05, 0.1) is 17.9 Å². The molecule has 2 aliphatic rings. The lowest BCUT2D eigenvalue weighted by Gasteiger charge is -2.12. The number of halogens is 1. The zero-order chi connectivity index (χ0) is 24.2. The van der Waals surface area contributed by atoms with E-state index in [9.17, 15) is 14.0 Å². The second-order valence-corrected chi connectivity index (χ2v) is 8.82. The number of benzene rings is 2. The predicted octanol–water partition coefficient (Wildman–Crippen LogP) is 4.17. The number of hydrogen-bond acceptors (Lipinski definition) is 5.